The van der Waals surface area contributed by atoms with Crippen LogP contribution in [0.15, 0.2) is 18.2 Å². The average Bonchev–Trinajstić information content (AvgIpc) is 2.48. The van der Waals surface area contributed by atoms with Crippen molar-refractivity contribution in [2.45, 2.75) is 38.1 Å². The Balaban J connectivity index is 2.36. The van der Waals surface area contributed by atoms with Crippen LogP contribution in [0.25, 0.3) is 0 Å². The third kappa shape index (κ3) is 2.24. The molecule has 0 bridgehead atoms. The molecule has 2 rings (SSSR count). The summed E-state index contributed by atoms with van der Waals surface area (Å²) < 4.78 is 26.9. The van der Waals surface area contributed by atoms with Crippen molar-refractivity contribution in [1.82, 2.24) is 5.32 Å². The summed E-state index contributed by atoms with van der Waals surface area (Å²) in [5.74, 6) is -0.693. The van der Waals surface area contributed by atoms with Gasteiger partial charge in [-0.3, -0.25) is 0 Å². The molecule has 16 heavy (non-hydrogen) atoms. The predicted octanol–water partition coefficient (Wildman–Crippen LogP) is 3.34. The molecule has 0 spiro atoms. The minimum atomic E-state index is -0.428. The maximum absolute atomic E-state index is 13.7. The first kappa shape index (κ1) is 11.5. The van der Waals surface area contributed by atoms with Crippen LogP contribution >= 0.6 is 0 Å². The molecule has 1 saturated heterocycles. The van der Waals surface area contributed by atoms with Crippen LogP contribution in [0.4, 0.5) is 8.78 Å². The first-order chi connectivity index (χ1) is 7.62. The molecule has 1 aliphatic heterocycles. The highest BCUT2D eigenvalue weighted by atomic mass is 19.1. The predicted molar refractivity (Wildman–Crippen MR) is 60.2 cm³/mol. The molecule has 0 amide bonds. The van der Waals surface area contributed by atoms with Gasteiger partial charge in [-0.2, -0.15) is 0 Å². The number of benzene rings is 1. The largest absolute Gasteiger partial charge is 0.308 e. The van der Waals surface area contributed by atoms with Crippen LogP contribution in [0.3, 0.4) is 0 Å². The quantitative estimate of drug-likeness (QED) is 0.773. The maximum atomic E-state index is 13.7. The van der Waals surface area contributed by atoms with Crippen molar-refractivity contribution in [2.75, 3.05) is 6.54 Å². The Hall–Kier alpha value is -0.960. The van der Waals surface area contributed by atoms with Crippen molar-refractivity contribution >= 4 is 0 Å². The molecule has 0 radical (unpaired) electrons. The van der Waals surface area contributed by atoms with E-state index in [1.54, 1.807) is 0 Å². The van der Waals surface area contributed by atoms with E-state index in [0.29, 0.717) is 5.56 Å². The highest BCUT2D eigenvalue weighted by Gasteiger charge is 2.30. The summed E-state index contributed by atoms with van der Waals surface area (Å²) in [6.45, 7) is 2.82. The van der Waals surface area contributed by atoms with Crippen molar-refractivity contribution in [3.63, 3.8) is 0 Å². The van der Waals surface area contributed by atoms with Gasteiger partial charge < -0.3 is 5.32 Å². The molecule has 88 valence electrons. The number of hydrogen-bond donors (Lipinski definition) is 1. The van der Waals surface area contributed by atoms with Crippen LogP contribution in [0.1, 0.15) is 38.2 Å². The molecule has 1 heterocycles. The standard InChI is InChI=1S/C13H17F2N/c1-13(7-3-2-4-8-16-13)11-9-10(14)5-6-12(11)15/h5-6,9,16H,2-4,7-8H2,1H3. The minimum absolute atomic E-state index is 0.321. The Morgan fingerprint density at radius 1 is 1.19 bits per heavy atom. The molecule has 1 nitrogen and oxygen atoms in total. The summed E-state index contributed by atoms with van der Waals surface area (Å²) in [6, 6.07) is 3.69. The van der Waals surface area contributed by atoms with E-state index < -0.39 is 5.54 Å². The Labute approximate surface area is 94.9 Å². The second-order valence-electron chi connectivity index (χ2n) is 4.69. The summed E-state index contributed by atoms with van der Waals surface area (Å²) in [6.07, 6.45) is 4.17. The lowest BCUT2D eigenvalue weighted by Crippen LogP contribution is -2.39. The van der Waals surface area contributed by atoms with Gasteiger partial charge in [0.25, 0.3) is 0 Å². The zero-order valence-corrected chi connectivity index (χ0v) is 9.52. The molecule has 0 aromatic heterocycles. The highest BCUT2D eigenvalue weighted by molar-refractivity contribution is 5.26. The van der Waals surface area contributed by atoms with Gasteiger partial charge >= 0.3 is 0 Å². The van der Waals surface area contributed by atoms with Crippen molar-refractivity contribution in [3.8, 4) is 0 Å². The Kier molecular flexibility index (Phi) is 3.24. The fourth-order valence-electron chi connectivity index (χ4n) is 2.38. The van der Waals surface area contributed by atoms with E-state index >= 15 is 0 Å². The first-order valence-corrected chi connectivity index (χ1v) is 5.82. The zero-order chi connectivity index (χ0) is 11.6. The lowest BCUT2D eigenvalue weighted by atomic mass is 9.87. The van der Waals surface area contributed by atoms with Gasteiger partial charge in [0.15, 0.2) is 0 Å². The van der Waals surface area contributed by atoms with Crippen LogP contribution < -0.4 is 5.32 Å². The van der Waals surface area contributed by atoms with Gasteiger partial charge in [0.05, 0.1) is 0 Å². The smallest absolute Gasteiger partial charge is 0.128 e. The number of nitrogens with one attached hydrogen (secondary N) is 1. The Morgan fingerprint density at radius 3 is 2.81 bits per heavy atom. The van der Waals surface area contributed by atoms with Crippen LogP contribution in [0.2, 0.25) is 0 Å². The lowest BCUT2D eigenvalue weighted by Gasteiger charge is -2.30. The summed E-state index contributed by atoms with van der Waals surface area (Å²) in [5.41, 5.74) is 0.0253. The lowest BCUT2D eigenvalue weighted by molar-refractivity contribution is 0.343. The van der Waals surface area contributed by atoms with E-state index in [9.17, 15) is 8.78 Å². The van der Waals surface area contributed by atoms with Crippen molar-refractivity contribution < 1.29 is 8.78 Å². The average molecular weight is 225 g/mol. The Bertz CT molecular complexity index is 368. The van der Waals surface area contributed by atoms with E-state index in [2.05, 4.69) is 5.32 Å². The normalized spacial score (nSPS) is 26.4. The number of hydrogen-bond acceptors (Lipinski definition) is 1. The molecule has 3 heteroatoms. The topological polar surface area (TPSA) is 12.0 Å². The molecular weight excluding hydrogens is 208 g/mol. The number of rotatable bonds is 1. The molecule has 0 saturated carbocycles. The molecule has 1 unspecified atom stereocenters. The fourth-order valence-corrected chi connectivity index (χ4v) is 2.38. The molecule has 1 aliphatic rings. The molecule has 1 N–H and O–H groups in total. The van der Waals surface area contributed by atoms with Crippen LogP contribution in [-0.4, -0.2) is 6.54 Å². The molecule has 1 fully saturated rings. The van der Waals surface area contributed by atoms with Crippen LogP contribution in [0.5, 0.6) is 0 Å². The van der Waals surface area contributed by atoms with E-state index in [1.165, 1.54) is 18.2 Å². The molecule has 1 atom stereocenters. The Morgan fingerprint density at radius 2 is 2.00 bits per heavy atom. The third-order valence-corrected chi connectivity index (χ3v) is 3.39. The van der Waals surface area contributed by atoms with Crippen LogP contribution in [-0.2, 0) is 5.54 Å². The van der Waals surface area contributed by atoms with Crippen molar-refractivity contribution in [3.05, 3.63) is 35.4 Å². The van der Waals surface area contributed by atoms with Gasteiger partial charge in [-0.05, 0) is 44.5 Å². The minimum Gasteiger partial charge on any atom is -0.308 e. The van der Waals surface area contributed by atoms with Crippen LogP contribution in [0, 0.1) is 11.6 Å². The fraction of sp³-hybridized carbons (Fsp3) is 0.538. The molecule has 1 aromatic rings. The zero-order valence-electron chi connectivity index (χ0n) is 9.52. The summed E-state index contributed by atoms with van der Waals surface area (Å²) >= 11 is 0. The van der Waals surface area contributed by atoms with Gasteiger partial charge in [0.2, 0.25) is 0 Å². The van der Waals surface area contributed by atoms with E-state index in [1.807, 2.05) is 6.92 Å². The summed E-state index contributed by atoms with van der Waals surface area (Å²) in [5, 5.41) is 3.34. The maximum Gasteiger partial charge on any atom is 0.128 e. The van der Waals surface area contributed by atoms with Gasteiger partial charge in [-0.15, -0.1) is 0 Å². The monoisotopic (exact) mass is 225 g/mol. The highest BCUT2D eigenvalue weighted by Crippen LogP contribution is 2.31. The van der Waals surface area contributed by atoms with Gasteiger partial charge in [-0.25, -0.2) is 8.78 Å². The van der Waals surface area contributed by atoms with Crippen molar-refractivity contribution in [2.24, 2.45) is 0 Å². The van der Waals surface area contributed by atoms with E-state index in [-0.39, 0.29) is 11.6 Å². The van der Waals surface area contributed by atoms with E-state index in [0.717, 1.165) is 32.2 Å². The van der Waals surface area contributed by atoms with E-state index in [4.69, 9.17) is 0 Å². The number of halogens is 2. The summed E-state index contributed by atoms with van der Waals surface area (Å²) in [4.78, 5) is 0. The molecular formula is C13H17F2N. The first-order valence-electron chi connectivity index (χ1n) is 5.82. The third-order valence-electron chi connectivity index (χ3n) is 3.39. The van der Waals surface area contributed by atoms with Crippen molar-refractivity contribution in [1.29, 1.82) is 0 Å². The molecule has 1 aromatic carbocycles. The summed E-state index contributed by atoms with van der Waals surface area (Å²) in [7, 11) is 0. The molecule has 0 aliphatic carbocycles. The van der Waals surface area contributed by atoms with Gasteiger partial charge in [-0.1, -0.05) is 12.8 Å². The SMILES string of the molecule is CC1(c2cc(F)ccc2F)CCCCCN1. The van der Waals surface area contributed by atoms with Gasteiger partial charge in [0.1, 0.15) is 11.6 Å². The van der Waals surface area contributed by atoms with Gasteiger partial charge in [0, 0.05) is 11.1 Å². The second kappa shape index (κ2) is 4.50. The second-order valence-corrected chi connectivity index (χ2v) is 4.69.